The summed E-state index contributed by atoms with van der Waals surface area (Å²) in [6, 6.07) is 0. The molecule has 0 saturated carbocycles. The molecule has 1 unspecified atom stereocenters. The highest BCUT2D eigenvalue weighted by Gasteiger charge is 2.29. The topological polar surface area (TPSA) is 30.5 Å². The molecule has 2 N–H and O–H groups in total. The number of hydrogen-bond acceptors (Lipinski definition) is 4. The molecule has 2 aliphatic rings. The lowest BCUT2D eigenvalue weighted by molar-refractivity contribution is 0.0520. The standard InChI is InChI=1S/C10H22N4/c1-2-6-13-7-3-11-4-8-14-9-5-12-10(13)14/h10-12H,2-9H2,1H3. The summed E-state index contributed by atoms with van der Waals surface area (Å²) in [6.45, 7) is 10.4. The van der Waals surface area contributed by atoms with Crippen LogP contribution in [0.25, 0.3) is 0 Å². The van der Waals surface area contributed by atoms with Crippen LogP contribution in [0.2, 0.25) is 0 Å². The summed E-state index contributed by atoms with van der Waals surface area (Å²) in [5.74, 6) is 0. The fourth-order valence-electron chi connectivity index (χ4n) is 2.40. The number of hydrogen-bond donors (Lipinski definition) is 2. The van der Waals surface area contributed by atoms with Gasteiger partial charge in [0.05, 0.1) is 0 Å². The molecule has 0 aromatic heterocycles. The Morgan fingerprint density at radius 3 is 2.79 bits per heavy atom. The van der Waals surface area contributed by atoms with Gasteiger partial charge in [0, 0.05) is 45.8 Å². The lowest BCUT2D eigenvalue weighted by Gasteiger charge is -2.36. The van der Waals surface area contributed by atoms with E-state index in [0.717, 1.165) is 19.6 Å². The molecule has 1 atom stereocenters. The van der Waals surface area contributed by atoms with Crippen molar-refractivity contribution >= 4 is 0 Å². The molecule has 14 heavy (non-hydrogen) atoms. The summed E-state index contributed by atoms with van der Waals surface area (Å²) in [7, 11) is 0. The first-order valence-electron chi connectivity index (χ1n) is 5.84. The average Bonchev–Trinajstić information content (AvgIpc) is 2.59. The van der Waals surface area contributed by atoms with E-state index in [4.69, 9.17) is 0 Å². The zero-order valence-corrected chi connectivity index (χ0v) is 9.13. The van der Waals surface area contributed by atoms with Crippen molar-refractivity contribution in [3.05, 3.63) is 0 Å². The molecule has 4 heteroatoms. The van der Waals surface area contributed by atoms with E-state index in [2.05, 4.69) is 27.4 Å². The first-order valence-corrected chi connectivity index (χ1v) is 5.84. The molecule has 0 aromatic carbocycles. The van der Waals surface area contributed by atoms with Gasteiger partial charge in [0.15, 0.2) is 0 Å². The first kappa shape index (κ1) is 10.4. The van der Waals surface area contributed by atoms with Crippen molar-refractivity contribution < 1.29 is 0 Å². The Bertz CT molecular complexity index is 174. The van der Waals surface area contributed by atoms with E-state index >= 15 is 0 Å². The molecule has 0 amide bonds. The van der Waals surface area contributed by atoms with Crippen LogP contribution < -0.4 is 10.6 Å². The van der Waals surface area contributed by atoms with Gasteiger partial charge >= 0.3 is 0 Å². The van der Waals surface area contributed by atoms with Crippen molar-refractivity contribution in [2.75, 3.05) is 45.8 Å². The lowest BCUT2D eigenvalue weighted by Crippen LogP contribution is -2.55. The average molecular weight is 198 g/mol. The molecule has 0 radical (unpaired) electrons. The molecule has 0 bridgehead atoms. The second kappa shape index (κ2) is 5.07. The maximum absolute atomic E-state index is 3.59. The highest BCUT2D eigenvalue weighted by atomic mass is 15.5. The SMILES string of the molecule is CCCN1CCNCCN2CCNC12. The van der Waals surface area contributed by atoms with Crippen molar-refractivity contribution in [1.82, 2.24) is 20.4 Å². The van der Waals surface area contributed by atoms with Gasteiger partial charge in [0.25, 0.3) is 0 Å². The van der Waals surface area contributed by atoms with Gasteiger partial charge in [0.2, 0.25) is 0 Å². The monoisotopic (exact) mass is 198 g/mol. The summed E-state index contributed by atoms with van der Waals surface area (Å²) < 4.78 is 0. The third kappa shape index (κ3) is 2.25. The number of fused-ring (bicyclic) bond motifs is 1. The van der Waals surface area contributed by atoms with Crippen molar-refractivity contribution in [3.8, 4) is 0 Å². The van der Waals surface area contributed by atoms with Crippen LogP contribution in [0.3, 0.4) is 0 Å². The number of nitrogens with one attached hydrogen (secondary N) is 2. The van der Waals surface area contributed by atoms with Crippen LogP contribution in [0.1, 0.15) is 13.3 Å². The minimum absolute atomic E-state index is 0.511. The van der Waals surface area contributed by atoms with Crippen molar-refractivity contribution in [2.45, 2.75) is 19.6 Å². The van der Waals surface area contributed by atoms with Gasteiger partial charge in [-0.3, -0.25) is 15.1 Å². The van der Waals surface area contributed by atoms with E-state index < -0.39 is 0 Å². The van der Waals surface area contributed by atoms with Crippen molar-refractivity contribution in [3.63, 3.8) is 0 Å². The van der Waals surface area contributed by atoms with E-state index in [0.29, 0.717) is 6.29 Å². The number of rotatable bonds is 2. The van der Waals surface area contributed by atoms with Gasteiger partial charge in [-0.15, -0.1) is 0 Å². The van der Waals surface area contributed by atoms with E-state index in [1.165, 1.54) is 32.6 Å². The fourth-order valence-corrected chi connectivity index (χ4v) is 2.40. The van der Waals surface area contributed by atoms with Crippen molar-refractivity contribution in [2.24, 2.45) is 0 Å². The predicted molar refractivity (Wildman–Crippen MR) is 58.1 cm³/mol. The third-order valence-electron chi connectivity index (χ3n) is 3.08. The molecule has 82 valence electrons. The van der Waals surface area contributed by atoms with Gasteiger partial charge < -0.3 is 5.32 Å². The maximum Gasteiger partial charge on any atom is 0.117 e. The summed E-state index contributed by atoms with van der Waals surface area (Å²) in [6.07, 6.45) is 1.75. The minimum atomic E-state index is 0.511. The van der Waals surface area contributed by atoms with Crippen LogP contribution in [0.15, 0.2) is 0 Å². The Hall–Kier alpha value is -0.160. The summed E-state index contributed by atoms with van der Waals surface area (Å²) in [5, 5.41) is 7.06. The molecule has 0 aromatic rings. The summed E-state index contributed by atoms with van der Waals surface area (Å²) in [4.78, 5) is 5.10. The Balaban J connectivity index is 1.96. The molecular weight excluding hydrogens is 176 g/mol. The second-order valence-corrected chi connectivity index (χ2v) is 4.15. The zero-order valence-electron chi connectivity index (χ0n) is 9.13. The Kier molecular flexibility index (Phi) is 3.75. The van der Waals surface area contributed by atoms with E-state index in [1.54, 1.807) is 0 Å². The first-order chi connectivity index (χ1) is 6.92. The largest absolute Gasteiger partial charge is 0.314 e. The molecule has 0 aliphatic carbocycles. The van der Waals surface area contributed by atoms with Gasteiger partial charge in [0.1, 0.15) is 6.29 Å². The number of nitrogens with zero attached hydrogens (tertiary/aromatic N) is 2. The van der Waals surface area contributed by atoms with Crippen LogP contribution in [0.4, 0.5) is 0 Å². The third-order valence-corrected chi connectivity index (χ3v) is 3.08. The van der Waals surface area contributed by atoms with E-state index in [-0.39, 0.29) is 0 Å². The van der Waals surface area contributed by atoms with Crippen LogP contribution in [0, 0.1) is 0 Å². The lowest BCUT2D eigenvalue weighted by atomic mass is 10.3. The van der Waals surface area contributed by atoms with Gasteiger partial charge in [-0.05, 0) is 6.42 Å². The molecule has 0 spiro atoms. The molecule has 2 fully saturated rings. The smallest absolute Gasteiger partial charge is 0.117 e. The normalized spacial score (nSPS) is 31.1. The molecular formula is C10H22N4. The molecule has 2 heterocycles. The highest BCUT2D eigenvalue weighted by Crippen LogP contribution is 2.09. The van der Waals surface area contributed by atoms with E-state index in [9.17, 15) is 0 Å². The quantitative estimate of drug-likeness (QED) is 0.626. The van der Waals surface area contributed by atoms with Crippen LogP contribution in [-0.2, 0) is 0 Å². The van der Waals surface area contributed by atoms with Crippen LogP contribution >= 0.6 is 0 Å². The summed E-state index contributed by atoms with van der Waals surface area (Å²) >= 11 is 0. The Morgan fingerprint density at radius 1 is 1.14 bits per heavy atom. The van der Waals surface area contributed by atoms with Gasteiger partial charge in [-0.2, -0.15) is 0 Å². The van der Waals surface area contributed by atoms with E-state index in [1.807, 2.05) is 0 Å². The fraction of sp³-hybridized carbons (Fsp3) is 1.00. The Morgan fingerprint density at radius 2 is 1.93 bits per heavy atom. The van der Waals surface area contributed by atoms with Crippen LogP contribution in [-0.4, -0.2) is 61.9 Å². The van der Waals surface area contributed by atoms with Gasteiger partial charge in [-0.1, -0.05) is 6.92 Å². The minimum Gasteiger partial charge on any atom is -0.314 e. The second-order valence-electron chi connectivity index (χ2n) is 4.15. The van der Waals surface area contributed by atoms with Gasteiger partial charge in [-0.25, -0.2) is 0 Å². The molecule has 2 aliphatic heterocycles. The van der Waals surface area contributed by atoms with Crippen molar-refractivity contribution in [1.29, 1.82) is 0 Å². The van der Waals surface area contributed by atoms with Crippen LogP contribution in [0.5, 0.6) is 0 Å². The maximum atomic E-state index is 3.59. The zero-order chi connectivity index (χ0) is 9.80. The predicted octanol–water partition coefficient (Wildman–Crippen LogP) is -0.510. The molecule has 4 nitrogen and oxygen atoms in total. The molecule has 2 rings (SSSR count). The Labute approximate surface area is 86.6 Å². The molecule has 2 saturated heterocycles. The highest BCUT2D eigenvalue weighted by molar-refractivity contribution is 4.81. The summed E-state index contributed by atoms with van der Waals surface area (Å²) in [5.41, 5.74) is 0.